The number of ether oxygens (including phenoxy) is 2. The lowest BCUT2D eigenvalue weighted by Crippen LogP contribution is -2.34. The van der Waals surface area contributed by atoms with Gasteiger partial charge in [-0.2, -0.15) is 0 Å². The van der Waals surface area contributed by atoms with Gasteiger partial charge in [0.25, 0.3) is 0 Å². The maximum absolute atomic E-state index is 13.1. The Labute approximate surface area is 241 Å². The van der Waals surface area contributed by atoms with Gasteiger partial charge in [-0.25, -0.2) is 4.98 Å². The molecule has 210 valence electrons. The number of amides is 2. The van der Waals surface area contributed by atoms with E-state index in [-0.39, 0.29) is 17.1 Å². The lowest BCUT2D eigenvalue weighted by atomic mass is 9.82. The van der Waals surface area contributed by atoms with E-state index in [1.54, 1.807) is 38.5 Å². The number of thiazole rings is 1. The number of nitrogens with zero attached hydrogens (tertiary/aromatic N) is 1. The van der Waals surface area contributed by atoms with E-state index in [0.717, 1.165) is 10.5 Å². The van der Waals surface area contributed by atoms with Gasteiger partial charge in [-0.05, 0) is 55.7 Å². The summed E-state index contributed by atoms with van der Waals surface area (Å²) in [5.74, 6) is -1.62. The van der Waals surface area contributed by atoms with Crippen molar-refractivity contribution in [1.29, 1.82) is 0 Å². The fourth-order valence-electron chi connectivity index (χ4n) is 4.39. The second-order valence-electron chi connectivity index (χ2n) is 9.12. The number of thioether (sulfide) groups is 1. The van der Waals surface area contributed by atoms with Crippen LogP contribution in [0, 0.1) is 11.8 Å². The molecule has 4 rings (SSSR count). The summed E-state index contributed by atoms with van der Waals surface area (Å²) in [7, 11) is 3.15. The van der Waals surface area contributed by atoms with Gasteiger partial charge in [-0.1, -0.05) is 25.1 Å². The molecule has 0 radical (unpaired) electrons. The molecule has 40 heavy (non-hydrogen) atoms. The van der Waals surface area contributed by atoms with Crippen LogP contribution in [-0.2, 0) is 14.4 Å². The van der Waals surface area contributed by atoms with Crippen LogP contribution in [-0.4, -0.2) is 47.3 Å². The predicted molar refractivity (Wildman–Crippen MR) is 157 cm³/mol. The van der Waals surface area contributed by atoms with Crippen molar-refractivity contribution >= 4 is 51.7 Å². The lowest BCUT2D eigenvalue weighted by molar-refractivity contribution is -0.146. The molecule has 3 aromatic rings. The zero-order chi connectivity index (χ0) is 28.6. The van der Waals surface area contributed by atoms with Crippen molar-refractivity contribution in [2.45, 2.75) is 36.3 Å². The first-order chi connectivity index (χ1) is 19.3. The summed E-state index contributed by atoms with van der Waals surface area (Å²) in [5, 5.41) is 17.2. The van der Waals surface area contributed by atoms with E-state index in [1.165, 1.54) is 23.1 Å². The van der Waals surface area contributed by atoms with Crippen LogP contribution in [0.15, 0.2) is 64.9 Å². The fraction of sp³-hybridized carbons (Fsp3) is 0.310. The van der Waals surface area contributed by atoms with E-state index in [4.69, 9.17) is 9.47 Å². The highest BCUT2D eigenvalue weighted by Crippen LogP contribution is 2.34. The number of carbonyl (C=O) groups excluding carboxylic acids is 2. The number of aliphatic carboxylic acids is 1. The van der Waals surface area contributed by atoms with E-state index in [9.17, 15) is 19.5 Å². The molecule has 3 N–H and O–H groups in total. The van der Waals surface area contributed by atoms with Crippen LogP contribution in [0.1, 0.15) is 26.2 Å². The molecule has 3 unspecified atom stereocenters. The van der Waals surface area contributed by atoms with E-state index >= 15 is 0 Å². The van der Waals surface area contributed by atoms with Crippen molar-refractivity contribution in [2.24, 2.45) is 11.8 Å². The molecule has 1 aromatic heterocycles. The van der Waals surface area contributed by atoms with Crippen molar-refractivity contribution in [1.82, 2.24) is 4.98 Å². The molecule has 2 amide bonds. The average molecular weight is 582 g/mol. The molecule has 0 bridgehead atoms. The molecule has 1 heterocycles. The van der Waals surface area contributed by atoms with Crippen LogP contribution in [0.4, 0.5) is 10.8 Å². The minimum Gasteiger partial charge on any atom is -0.493 e. The molecule has 0 aliphatic heterocycles. The summed E-state index contributed by atoms with van der Waals surface area (Å²) >= 11 is 2.73. The highest BCUT2D eigenvalue weighted by molar-refractivity contribution is 8.00. The molecule has 11 heteroatoms. The van der Waals surface area contributed by atoms with Crippen LogP contribution in [0.25, 0.3) is 11.3 Å². The number of carbonyl (C=O) groups is 3. The third kappa shape index (κ3) is 7.02. The second kappa shape index (κ2) is 13.5. The Morgan fingerprint density at radius 3 is 2.50 bits per heavy atom. The van der Waals surface area contributed by atoms with Gasteiger partial charge in [0, 0.05) is 21.5 Å². The van der Waals surface area contributed by atoms with E-state index in [1.807, 2.05) is 42.6 Å². The van der Waals surface area contributed by atoms with Gasteiger partial charge in [0.1, 0.15) is 0 Å². The first-order valence-corrected chi connectivity index (χ1v) is 14.5. The van der Waals surface area contributed by atoms with Crippen LogP contribution in [0.3, 0.4) is 0 Å². The number of nitrogens with one attached hydrogen (secondary N) is 2. The normalized spacial score (nSPS) is 17.1. The fourth-order valence-corrected chi connectivity index (χ4v) is 6.13. The number of anilines is 2. The number of rotatable bonds is 11. The third-order valence-corrected chi connectivity index (χ3v) is 8.66. The van der Waals surface area contributed by atoms with Crippen molar-refractivity contribution in [2.75, 3.05) is 24.9 Å². The van der Waals surface area contributed by atoms with Crippen LogP contribution >= 0.6 is 23.1 Å². The Morgan fingerprint density at radius 2 is 1.80 bits per heavy atom. The maximum Gasteiger partial charge on any atom is 0.307 e. The van der Waals surface area contributed by atoms with Gasteiger partial charge in [-0.3, -0.25) is 14.4 Å². The summed E-state index contributed by atoms with van der Waals surface area (Å²) in [5.41, 5.74) is 2.11. The zero-order valence-electron chi connectivity index (χ0n) is 22.4. The number of carboxylic acid groups (broad SMARTS) is 1. The molecule has 1 aliphatic carbocycles. The van der Waals surface area contributed by atoms with Gasteiger partial charge < -0.3 is 25.2 Å². The Balaban J connectivity index is 1.39. The summed E-state index contributed by atoms with van der Waals surface area (Å²) < 4.78 is 10.7. The molecule has 0 saturated carbocycles. The summed E-state index contributed by atoms with van der Waals surface area (Å²) in [4.78, 5) is 42.9. The minimum absolute atomic E-state index is 0.173. The zero-order valence-corrected chi connectivity index (χ0v) is 24.0. The Hall–Kier alpha value is -3.83. The number of carboxylic acids is 1. The highest BCUT2D eigenvalue weighted by atomic mass is 32.2. The summed E-state index contributed by atoms with van der Waals surface area (Å²) in [6.45, 7) is 1.93. The van der Waals surface area contributed by atoms with Gasteiger partial charge in [0.05, 0.1) is 37.0 Å². The quantitative estimate of drug-likeness (QED) is 0.188. The van der Waals surface area contributed by atoms with Gasteiger partial charge in [0.15, 0.2) is 16.6 Å². The monoisotopic (exact) mass is 581 g/mol. The number of hydrogen-bond acceptors (Lipinski definition) is 8. The summed E-state index contributed by atoms with van der Waals surface area (Å²) in [6.07, 6.45) is 4.96. The molecule has 9 nitrogen and oxygen atoms in total. The largest absolute Gasteiger partial charge is 0.493 e. The first kappa shape index (κ1) is 29.2. The van der Waals surface area contributed by atoms with Crippen molar-refractivity contribution in [3.8, 4) is 22.8 Å². The molecule has 0 fully saturated rings. The number of allylic oxidation sites excluding steroid dienone is 2. The molecule has 3 atom stereocenters. The topological polar surface area (TPSA) is 127 Å². The molecular formula is C29H31N3O6S2. The van der Waals surface area contributed by atoms with E-state index in [0.29, 0.717) is 47.3 Å². The van der Waals surface area contributed by atoms with Gasteiger partial charge >= 0.3 is 5.97 Å². The number of benzene rings is 2. The molecule has 0 saturated heterocycles. The summed E-state index contributed by atoms with van der Waals surface area (Å²) in [6, 6.07) is 12.7. The van der Waals surface area contributed by atoms with E-state index < -0.39 is 17.8 Å². The van der Waals surface area contributed by atoms with Crippen molar-refractivity contribution in [3.05, 3.63) is 60.0 Å². The molecular weight excluding hydrogens is 550 g/mol. The molecule has 0 spiro atoms. The maximum atomic E-state index is 13.1. The van der Waals surface area contributed by atoms with Gasteiger partial charge in [0.2, 0.25) is 11.8 Å². The van der Waals surface area contributed by atoms with E-state index in [2.05, 4.69) is 15.6 Å². The number of methoxy groups -OCH3 is 2. The van der Waals surface area contributed by atoms with Crippen LogP contribution in [0.5, 0.6) is 11.5 Å². The standard InChI is InChI=1S/C29H31N3O6S2/c1-4-25(27(34)32-29-31-22(16-39-29)17-12-13-23(37-2)24(14-17)38-3)40-19-9-7-8-18(15-19)30-26(33)20-10-5-6-11-21(20)28(35)36/h5-9,12-16,20-21,25H,4,10-11H2,1-3H3,(H,30,33)(H,35,36)(H,31,32,34). The first-order valence-electron chi connectivity index (χ1n) is 12.8. The van der Waals surface area contributed by atoms with Crippen molar-refractivity contribution < 1.29 is 29.0 Å². The molecule has 1 aliphatic rings. The number of hydrogen-bond donors (Lipinski definition) is 3. The van der Waals surface area contributed by atoms with Crippen LogP contribution < -0.4 is 20.1 Å². The smallest absolute Gasteiger partial charge is 0.307 e. The van der Waals surface area contributed by atoms with Gasteiger partial charge in [-0.15, -0.1) is 23.1 Å². The average Bonchev–Trinajstić information content (AvgIpc) is 3.43. The SMILES string of the molecule is CCC(Sc1cccc(NC(=O)C2CC=CCC2C(=O)O)c1)C(=O)Nc1nc(-c2ccc(OC)c(OC)c2)cs1. The predicted octanol–water partition coefficient (Wildman–Crippen LogP) is 5.94. The Kier molecular flexibility index (Phi) is 9.84. The second-order valence-corrected chi connectivity index (χ2v) is 11.3. The number of aromatic nitrogens is 1. The lowest BCUT2D eigenvalue weighted by Gasteiger charge is -2.24. The van der Waals surface area contributed by atoms with Crippen LogP contribution in [0.2, 0.25) is 0 Å². The van der Waals surface area contributed by atoms with Crippen molar-refractivity contribution in [3.63, 3.8) is 0 Å². The third-order valence-electron chi connectivity index (χ3n) is 6.54. The minimum atomic E-state index is -0.971. The Morgan fingerprint density at radius 1 is 1.05 bits per heavy atom. The Bertz CT molecular complexity index is 1410. The highest BCUT2D eigenvalue weighted by Gasteiger charge is 2.34. The molecule has 2 aromatic carbocycles.